The van der Waals surface area contributed by atoms with Crippen molar-refractivity contribution in [3.8, 4) is 0 Å². The van der Waals surface area contributed by atoms with Gasteiger partial charge in [0.2, 0.25) is 0 Å². The Balaban J connectivity index is 2.20. The molecule has 2 rings (SSSR count). The SMILES string of the molecule is CSCC(CCO)NC(=O)c1n[nH]c2ccc(C)cc12. The van der Waals surface area contributed by atoms with E-state index in [2.05, 4.69) is 15.5 Å². The predicted octanol–water partition coefficient (Wildman–Crippen LogP) is 1.72. The first-order valence-electron chi connectivity index (χ1n) is 6.51. The van der Waals surface area contributed by atoms with Crippen molar-refractivity contribution in [2.45, 2.75) is 19.4 Å². The van der Waals surface area contributed by atoms with E-state index in [9.17, 15) is 4.79 Å². The van der Waals surface area contributed by atoms with E-state index < -0.39 is 0 Å². The van der Waals surface area contributed by atoms with E-state index in [4.69, 9.17) is 5.11 Å². The molecule has 0 aliphatic carbocycles. The topological polar surface area (TPSA) is 78.0 Å². The Morgan fingerprint density at radius 3 is 3.05 bits per heavy atom. The van der Waals surface area contributed by atoms with Gasteiger partial charge in [0, 0.05) is 23.8 Å². The number of aromatic nitrogens is 2. The van der Waals surface area contributed by atoms with Crippen LogP contribution in [-0.4, -0.2) is 45.9 Å². The highest BCUT2D eigenvalue weighted by atomic mass is 32.2. The number of fused-ring (bicyclic) bond motifs is 1. The summed E-state index contributed by atoms with van der Waals surface area (Å²) in [7, 11) is 0. The lowest BCUT2D eigenvalue weighted by Crippen LogP contribution is -2.37. The van der Waals surface area contributed by atoms with Crippen LogP contribution in [0, 0.1) is 6.92 Å². The summed E-state index contributed by atoms with van der Waals surface area (Å²) in [6, 6.07) is 5.80. The molecule has 0 fully saturated rings. The molecule has 1 aromatic heterocycles. The number of H-pyrrole nitrogens is 1. The molecule has 0 aliphatic heterocycles. The van der Waals surface area contributed by atoms with Crippen LogP contribution in [0.3, 0.4) is 0 Å². The highest BCUT2D eigenvalue weighted by molar-refractivity contribution is 7.98. The van der Waals surface area contributed by atoms with E-state index in [0.29, 0.717) is 12.1 Å². The minimum Gasteiger partial charge on any atom is -0.396 e. The third-order valence-corrected chi connectivity index (χ3v) is 3.85. The maximum Gasteiger partial charge on any atom is 0.272 e. The molecule has 108 valence electrons. The monoisotopic (exact) mass is 293 g/mol. The van der Waals surface area contributed by atoms with E-state index in [1.165, 1.54) is 0 Å². The van der Waals surface area contributed by atoms with Crippen LogP contribution in [0.5, 0.6) is 0 Å². The smallest absolute Gasteiger partial charge is 0.272 e. The quantitative estimate of drug-likeness (QED) is 0.758. The van der Waals surface area contributed by atoms with Gasteiger partial charge in [0.1, 0.15) is 0 Å². The number of aryl methyl sites for hydroxylation is 1. The second kappa shape index (κ2) is 6.76. The fourth-order valence-electron chi connectivity index (χ4n) is 2.11. The van der Waals surface area contributed by atoms with Gasteiger partial charge in [-0.15, -0.1) is 0 Å². The fourth-order valence-corrected chi connectivity index (χ4v) is 2.76. The van der Waals surface area contributed by atoms with Crippen molar-refractivity contribution in [2.24, 2.45) is 0 Å². The van der Waals surface area contributed by atoms with Crippen LogP contribution in [0.15, 0.2) is 18.2 Å². The maximum absolute atomic E-state index is 12.3. The summed E-state index contributed by atoms with van der Waals surface area (Å²) < 4.78 is 0. The summed E-state index contributed by atoms with van der Waals surface area (Å²) in [5.74, 6) is 0.572. The molecule has 1 unspecified atom stereocenters. The minimum atomic E-state index is -0.200. The van der Waals surface area contributed by atoms with E-state index in [1.54, 1.807) is 11.8 Å². The van der Waals surface area contributed by atoms with Crippen molar-refractivity contribution in [1.29, 1.82) is 0 Å². The van der Waals surface area contributed by atoms with Gasteiger partial charge in [-0.2, -0.15) is 16.9 Å². The molecule has 0 saturated carbocycles. The third-order valence-electron chi connectivity index (χ3n) is 3.11. The molecule has 1 heterocycles. The zero-order valence-electron chi connectivity index (χ0n) is 11.6. The van der Waals surface area contributed by atoms with Gasteiger partial charge in [-0.3, -0.25) is 9.89 Å². The third kappa shape index (κ3) is 3.32. The lowest BCUT2D eigenvalue weighted by Gasteiger charge is -2.15. The van der Waals surface area contributed by atoms with Crippen LogP contribution in [0.2, 0.25) is 0 Å². The van der Waals surface area contributed by atoms with Gasteiger partial charge in [-0.25, -0.2) is 0 Å². The van der Waals surface area contributed by atoms with Crippen molar-refractivity contribution in [1.82, 2.24) is 15.5 Å². The molecule has 0 spiro atoms. The second-order valence-electron chi connectivity index (χ2n) is 4.76. The van der Waals surface area contributed by atoms with Crippen LogP contribution in [0.1, 0.15) is 22.5 Å². The Morgan fingerprint density at radius 1 is 1.55 bits per heavy atom. The number of benzene rings is 1. The molecule has 1 amide bonds. The van der Waals surface area contributed by atoms with Crippen LogP contribution in [0.4, 0.5) is 0 Å². The Kier molecular flexibility index (Phi) is 5.03. The number of nitrogens with zero attached hydrogens (tertiary/aromatic N) is 1. The summed E-state index contributed by atoms with van der Waals surface area (Å²) in [6.45, 7) is 2.04. The lowest BCUT2D eigenvalue weighted by atomic mass is 10.1. The highest BCUT2D eigenvalue weighted by Crippen LogP contribution is 2.17. The number of aliphatic hydroxyl groups excluding tert-OH is 1. The molecule has 0 aliphatic rings. The molecule has 2 aromatic rings. The molecule has 6 heteroatoms. The number of hydrogen-bond acceptors (Lipinski definition) is 4. The average Bonchev–Trinajstić information content (AvgIpc) is 2.82. The second-order valence-corrected chi connectivity index (χ2v) is 5.67. The molecular formula is C14H19N3O2S. The van der Waals surface area contributed by atoms with Crippen molar-refractivity contribution < 1.29 is 9.90 Å². The van der Waals surface area contributed by atoms with Crippen molar-refractivity contribution in [3.05, 3.63) is 29.5 Å². The standard InChI is InChI=1S/C14H19N3O2S/c1-9-3-4-12-11(7-9)13(17-16-12)14(19)15-10(5-6-18)8-20-2/h3-4,7,10,18H,5-6,8H2,1-2H3,(H,15,19)(H,16,17). The molecule has 0 radical (unpaired) electrons. The van der Waals surface area contributed by atoms with Gasteiger partial charge >= 0.3 is 0 Å². The van der Waals surface area contributed by atoms with Gasteiger partial charge in [-0.1, -0.05) is 11.6 Å². The number of carbonyl (C=O) groups excluding carboxylic acids is 1. The van der Waals surface area contributed by atoms with E-state index in [-0.39, 0.29) is 18.6 Å². The maximum atomic E-state index is 12.3. The first kappa shape index (κ1) is 14.9. The summed E-state index contributed by atoms with van der Waals surface area (Å²) in [6.07, 6.45) is 2.53. The zero-order chi connectivity index (χ0) is 14.5. The molecule has 3 N–H and O–H groups in total. The molecule has 5 nitrogen and oxygen atoms in total. The summed E-state index contributed by atoms with van der Waals surface area (Å²) in [5.41, 5.74) is 2.35. The summed E-state index contributed by atoms with van der Waals surface area (Å²) in [4.78, 5) is 12.3. The van der Waals surface area contributed by atoms with Crippen molar-refractivity contribution in [2.75, 3.05) is 18.6 Å². The lowest BCUT2D eigenvalue weighted by molar-refractivity contribution is 0.0932. The Bertz CT molecular complexity index is 591. The van der Waals surface area contributed by atoms with E-state index >= 15 is 0 Å². The van der Waals surface area contributed by atoms with Crippen LogP contribution in [-0.2, 0) is 0 Å². The number of carbonyl (C=O) groups is 1. The Hall–Kier alpha value is -1.53. The number of aliphatic hydroxyl groups is 1. The number of thioether (sulfide) groups is 1. The Morgan fingerprint density at radius 2 is 2.35 bits per heavy atom. The number of amides is 1. The molecule has 0 saturated heterocycles. The molecule has 1 atom stereocenters. The molecule has 20 heavy (non-hydrogen) atoms. The van der Waals surface area contributed by atoms with Gasteiger partial charge in [0.25, 0.3) is 5.91 Å². The summed E-state index contributed by atoms with van der Waals surface area (Å²) >= 11 is 1.64. The van der Waals surface area contributed by atoms with E-state index in [1.807, 2.05) is 31.4 Å². The molecular weight excluding hydrogens is 274 g/mol. The number of nitrogens with one attached hydrogen (secondary N) is 2. The van der Waals surface area contributed by atoms with Gasteiger partial charge in [-0.05, 0) is 31.7 Å². The zero-order valence-corrected chi connectivity index (χ0v) is 12.5. The van der Waals surface area contributed by atoms with Crippen LogP contribution >= 0.6 is 11.8 Å². The van der Waals surface area contributed by atoms with Crippen LogP contribution in [0.25, 0.3) is 10.9 Å². The van der Waals surface area contributed by atoms with Crippen molar-refractivity contribution >= 4 is 28.6 Å². The van der Waals surface area contributed by atoms with Gasteiger partial charge in [0.05, 0.1) is 5.52 Å². The number of hydrogen-bond donors (Lipinski definition) is 3. The first-order chi connectivity index (χ1) is 9.65. The van der Waals surface area contributed by atoms with E-state index in [0.717, 1.165) is 22.2 Å². The minimum absolute atomic E-state index is 0.0425. The first-order valence-corrected chi connectivity index (χ1v) is 7.90. The van der Waals surface area contributed by atoms with Crippen molar-refractivity contribution in [3.63, 3.8) is 0 Å². The fraction of sp³-hybridized carbons (Fsp3) is 0.429. The largest absolute Gasteiger partial charge is 0.396 e. The normalized spacial score (nSPS) is 12.6. The predicted molar refractivity (Wildman–Crippen MR) is 82.2 cm³/mol. The highest BCUT2D eigenvalue weighted by Gasteiger charge is 2.17. The average molecular weight is 293 g/mol. The van der Waals surface area contributed by atoms with Crippen LogP contribution < -0.4 is 5.32 Å². The summed E-state index contributed by atoms with van der Waals surface area (Å²) in [5, 5.41) is 19.8. The van der Waals surface area contributed by atoms with Gasteiger partial charge < -0.3 is 10.4 Å². The number of rotatable bonds is 6. The molecule has 1 aromatic carbocycles. The van der Waals surface area contributed by atoms with Gasteiger partial charge in [0.15, 0.2) is 5.69 Å². The Labute approximate surface area is 122 Å². The number of aromatic amines is 1. The molecule has 0 bridgehead atoms.